The summed E-state index contributed by atoms with van der Waals surface area (Å²) in [6.45, 7) is 6.63. The molecule has 0 atom stereocenters. The van der Waals surface area contributed by atoms with E-state index in [-0.39, 0.29) is 11.3 Å². The molecule has 0 spiro atoms. The quantitative estimate of drug-likeness (QED) is 0.857. The molecule has 1 aromatic carbocycles. The second kappa shape index (κ2) is 5.11. The Kier molecular flexibility index (Phi) is 3.71. The van der Waals surface area contributed by atoms with Crippen LogP contribution >= 0.6 is 0 Å². The molecule has 0 saturated heterocycles. The molecule has 0 bridgehead atoms. The monoisotopic (exact) mass is 246 g/mol. The molecule has 98 valence electrons. The first-order chi connectivity index (χ1) is 8.45. The minimum absolute atomic E-state index is 0.0507. The minimum Gasteiger partial charge on any atom is -0.326 e. The Labute approximate surface area is 109 Å². The SMILES string of the molecule is CC(C)(C)C(=O)Nc1cccc(CNC2CC2)c1. The van der Waals surface area contributed by atoms with Gasteiger partial charge in [0.15, 0.2) is 0 Å². The van der Waals surface area contributed by atoms with E-state index >= 15 is 0 Å². The molecule has 0 radical (unpaired) electrons. The molecule has 3 heteroatoms. The second-order valence-electron chi connectivity index (χ2n) is 6.06. The van der Waals surface area contributed by atoms with E-state index in [1.807, 2.05) is 39.0 Å². The number of benzene rings is 1. The van der Waals surface area contributed by atoms with Crippen LogP contribution in [0.2, 0.25) is 0 Å². The van der Waals surface area contributed by atoms with Crippen LogP contribution in [-0.2, 0) is 11.3 Å². The summed E-state index contributed by atoms with van der Waals surface area (Å²) in [7, 11) is 0. The van der Waals surface area contributed by atoms with Gasteiger partial charge in [-0.05, 0) is 30.5 Å². The summed E-state index contributed by atoms with van der Waals surface area (Å²) < 4.78 is 0. The maximum atomic E-state index is 11.9. The van der Waals surface area contributed by atoms with Gasteiger partial charge in [-0.25, -0.2) is 0 Å². The summed E-state index contributed by atoms with van der Waals surface area (Å²) in [5.41, 5.74) is 1.74. The molecular formula is C15H22N2O. The number of nitrogens with one attached hydrogen (secondary N) is 2. The van der Waals surface area contributed by atoms with Crippen LogP contribution < -0.4 is 10.6 Å². The number of hydrogen-bond acceptors (Lipinski definition) is 2. The maximum absolute atomic E-state index is 11.9. The van der Waals surface area contributed by atoms with Gasteiger partial charge < -0.3 is 10.6 Å². The lowest BCUT2D eigenvalue weighted by Gasteiger charge is -2.18. The highest BCUT2D eigenvalue weighted by Crippen LogP contribution is 2.21. The summed E-state index contributed by atoms with van der Waals surface area (Å²) in [5, 5.41) is 6.43. The summed E-state index contributed by atoms with van der Waals surface area (Å²) in [6.07, 6.45) is 2.58. The van der Waals surface area contributed by atoms with Crippen molar-refractivity contribution in [2.45, 2.75) is 46.2 Å². The Hall–Kier alpha value is -1.35. The highest BCUT2D eigenvalue weighted by molar-refractivity contribution is 5.94. The van der Waals surface area contributed by atoms with Crippen LogP contribution in [0, 0.1) is 5.41 Å². The van der Waals surface area contributed by atoms with Gasteiger partial charge in [-0.3, -0.25) is 4.79 Å². The normalized spacial score (nSPS) is 15.5. The van der Waals surface area contributed by atoms with Gasteiger partial charge in [-0.15, -0.1) is 0 Å². The maximum Gasteiger partial charge on any atom is 0.229 e. The fourth-order valence-electron chi connectivity index (χ4n) is 1.63. The molecule has 18 heavy (non-hydrogen) atoms. The lowest BCUT2D eigenvalue weighted by atomic mass is 9.95. The Morgan fingerprint density at radius 1 is 1.33 bits per heavy atom. The Morgan fingerprint density at radius 3 is 2.67 bits per heavy atom. The zero-order chi connectivity index (χ0) is 13.2. The molecular weight excluding hydrogens is 224 g/mol. The van der Waals surface area contributed by atoms with E-state index in [9.17, 15) is 4.79 Å². The zero-order valence-corrected chi connectivity index (χ0v) is 11.4. The summed E-state index contributed by atoms with van der Waals surface area (Å²) in [5.74, 6) is 0.0507. The van der Waals surface area contributed by atoms with Crippen LogP contribution in [0.15, 0.2) is 24.3 Å². The molecule has 1 fully saturated rings. The van der Waals surface area contributed by atoms with Crippen LogP contribution in [0.3, 0.4) is 0 Å². The van der Waals surface area contributed by atoms with Gasteiger partial charge in [0.1, 0.15) is 0 Å². The van der Waals surface area contributed by atoms with E-state index in [2.05, 4.69) is 16.7 Å². The molecule has 2 N–H and O–H groups in total. The molecule has 2 rings (SSSR count). The molecule has 1 aliphatic carbocycles. The van der Waals surface area contributed by atoms with Gasteiger partial charge in [0, 0.05) is 23.7 Å². The lowest BCUT2D eigenvalue weighted by Crippen LogP contribution is -2.27. The third-order valence-corrected chi connectivity index (χ3v) is 3.04. The van der Waals surface area contributed by atoms with Crippen molar-refractivity contribution in [2.24, 2.45) is 5.41 Å². The molecule has 0 heterocycles. The lowest BCUT2D eigenvalue weighted by molar-refractivity contribution is -0.123. The van der Waals surface area contributed by atoms with Crippen molar-refractivity contribution in [2.75, 3.05) is 5.32 Å². The van der Waals surface area contributed by atoms with Crippen molar-refractivity contribution in [3.05, 3.63) is 29.8 Å². The average Bonchev–Trinajstić information content (AvgIpc) is 3.09. The fraction of sp³-hybridized carbons (Fsp3) is 0.533. The highest BCUT2D eigenvalue weighted by Gasteiger charge is 2.21. The van der Waals surface area contributed by atoms with E-state index in [4.69, 9.17) is 0 Å². The van der Waals surface area contributed by atoms with Gasteiger partial charge in [0.2, 0.25) is 5.91 Å². The first kappa shape index (κ1) is 13.1. The third kappa shape index (κ3) is 3.84. The van der Waals surface area contributed by atoms with Crippen LogP contribution in [0.25, 0.3) is 0 Å². The van der Waals surface area contributed by atoms with Gasteiger partial charge in [-0.2, -0.15) is 0 Å². The Bertz CT molecular complexity index is 430. The standard InChI is InChI=1S/C15H22N2O/c1-15(2,3)14(18)17-13-6-4-5-11(9-13)10-16-12-7-8-12/h4-6,9,12,16H,7-8,10H2,1-3H3,(H,17,18). The fourth-order valence-corrected chi connectivity index (χ4v) is 1.63. The number of hydrogen-bond donors (Lipinski definition) is 2. The van der Waals surface area contributed by atoms with Crippen molar-refractivity contribution in [1.82, 2.24) is 5.32 Å². The second-order valence-corrected chi connectivity index (χ2v) is 6.06. The summed E-state index contributed by atoms with van der Waals surface area (Å²) >= 11 is 0. The van der Waals surface area contributed by atoms with Crippen molar-refractivity contribution >= 4 is 11.6 Å². The Morgan fingerprint density at radius 2 is 2.06 bits per heavy atom. The number of carbonyl (C=O) groups excluding carboxylic acids is 1. The topological polar surface area (TPSA) is 41.1 Å². The van der Waals surface area contributed by atoms with Crippen LogP contribution in [0.4, 0.5) is 5.69 Å². The van der Waals surface area contributed by atoms with E-state index in [0.29, 0.717) is 6.04 Å². The molecule has 1 aliphatic rings. The van der Waals surface area contributed by atoms with Crippen molar-refractivity contribution in [3.63, 3.8) is 0 Å². The smallest absolute Gasteiger partial charge is 0.229 e. The molecule has 1 saturated carbocycles. The summed E-state index contributed by atoms with van der Waals surface area (Å²) in [6, 6.07) is 8.76. The number of rotatable bonds is 4. The molecule has 0 unspecified atom stereocenters. The van der Waals surface area contributed by atoms with E-state index < -0.39 is 0 Å². The first-order valence-corrected chi connectivity index (χ1v) is 6.59. The largest absolute Gasteiger partial charge is 0.326 e. The molecule has 0 aliphatic heterocycles. The van der Waals surface area contributed by atoms with Crippen molar-refractivity contribution in [3.8, 4) is 0 Å². The minimum atomic E-state index is -0.359. The van der Waals surface area contributed by atoms with E-state index in [1.165, 1.54) is 18.4 Å². The molecule has 0 aromatic heterocycles. The van der Waals surface area contributed by atoms with E-state index in [1.54, 1.807) is 0 Å². The molecule has 3 nitrogen and oxygen atoms in total. The predicted octanol–water partition coefficient (Wildman–Crippen LogP) is 2.92. The number of anilines is 1. The highest BCUT2D eigenvalue weighted by atomic mass is 16.2. The van der Waals surface area contributed by atoms with Crippen LogP contribution in [-0.4, -0.2) is 11.9 Å². The predicted molar refractivity (Wildman–Crippen MR) is 74.4 cm³/mol. The summed E-state index contributed by atoms with van der Waals surface area (Å²) in [4.78, 5) is 11.9. The Balaban J connectivity index is 1.95. The average molecular weight is 246 g/mol. The third-order valence-electron chi connectivity index (χ3n) is 3.04. The number of amides is 1. The number of carbonyl (C=O) groups is 1. The van der Waals surface area contributed by atoms with Crippen LogP contribution in [0.5, 0.6) is 0 Å². The van der Waals surface area contributed by atoms with Crippen molar-refractivity contribution in [1.29, 1.82) is 0 Å². The molecule has 1 amide bonds. The first-order valence-electron chi connectivity index (χ1n) is 6.59. The zero-order valence-electron chi connectivity index (χ0n) is 11.4. The van der Waals surface area contributed by atoms with Crippen LogP contribution in [0.1, 0.15) is 39.2 Å². The van der Waals surface area contributed by atoms with Gasteiger partial charge in [-0.1, -0.05) is 32.9 Å². The van der Waals surface area contributed by atoms with Gasteiger partial charge in [0.05, 0.1) is 0 Å². The van der Waals surface area contributed by atoms with Gasteiger partial charge >= 0.3 is 0 Å². The molecule has 1 aromatic rings. The van der Waals surface area contributed by atoms with Crippen molar-refractivity contribution < 1.29 is 4.79 Å². The van der Waals surface area contributed by atoms with E-state index in [0.717, 1.165) is 12.2 Å². The van der Waals surface area contributed by atoms with Gasteiger partial charge in [0.25, 0.3) is 0 Å².